The first-order chi connectivity index (χ1) is 33.1. The van der Waals surface area contributed by atoms with Gasteiger partial charge in [0, 0.05) is 63.3 Å². The first kappa shape index (κ1) is 47.4. The fourth-order valence-corrected chi connectivity index (χ4v) is 9.56. The highest BCUT2D eigenvalue weighted by molar-refractivity contribution is 6.40. The standard InChI is InChI=1S/C27H24FN3O2.C27H24FN3O.CH2Cl2/c28-21-10-11-22-19(16-21)9-12-26(24(22)15-18-5-2-1-3-6-18)30-27(32)29-25-8-4-7-20-17-31(33)14-13-23(20)25;28-21-10-11-22-19(16-21)9-12-26(24(22)15-18-5-2-1-3-6-18)31-27(32)30-25-8-4-7-20-17-29-14-13-23(20)25;2-1-3/h1-8,10-11,13-14,16-17,24,26H,9,12,15H2,(H2-,29,30,32,33);1-8,10-11,13-14,16-17,24,26H,9,12,15H2,(H2,30,31,32);1H2/p+1/t2*24-,26+;/m00./s1. The number of carbonyl (C=O) groups is 2. The number of fused-ring (bicyclic) bond motifs is 4. The SMILES string of the molecule is ClCCl.O=C(Nc1cccc2c[n+](O)ccc12)N[C@@H]1CCc2cc(F)ccc2[C@@H]1Cc1ccccc1.O=C(Nc1cccc2cnccc12)N[C@@H]1CCc2cc(F)ccc2[C@@H]1Cc1ccccc1. The third-order valence-electron chi connectivity index (χ3n) is 12.6. The number of amides is 4. The summed E-state index contributed by atoms with van der Waals surface area (Å²) in [7, 11) is 0. The third kappa shape index (κ3) is 11.9. The van der Waals surface area contributed by atoms with Crippen molar-refractivity contribution in [3.8, 4) is 0 Å². The number of carbonyl (C=O) groups excluding carboxylic acids is 2. The van der Waals surface area contributed by atoms with E-state index in [-0.39, 0.29) is 53.0 Å². The molecule has 10 rings (SSSR count). The Morgan fingerprint density at radius 3 is 1.62 bits per heavy atom. The molecule has 2 aliphatic rings. The van der Waals surface area contributed by atoms with Crippen LogP contribution in [0.25, 0.3) is 21.5 Å². The smallest absolute Gasteiger partial charge is 0.319 e. The van der Waals surface area contributed by atoms with Crippen molar-refractivity contribution in [1.82, 2.24) is 15.6 Å². The molecule has 0 radical (unpaired) electrons. The predicted molar refractivity (Wildman–Crippen MR) is 267 cm³/mol. The quantitative estimate of drug-likeness (QED) is 0.0592. The molecule has 8 aromatic rings. The van der Waals surface area contributed by atoms with Crippen molar-refractivity contribution in [3.05, 3.63) is 215 Å². The Labute approximate surface area is 404 Å². The molecule has 2 aromatic heterocycles. The Kier molecular flexibility index (Phi) is 15.8. The molecule has 5 N–H and O–H groups in total. The number of nitrogens with zero attached hydrogens (tertiary/aromatic N) is 2. The number of hydrogen-bond donors (Lipinski definition) is 5. The van der Waals surface area contributed by atoms with Gasteiger partial charge in [0.15, 0.2) is 0 Å². The third-order valence-corrected chi connectivity index (χ3v) is 12.6. The maximum atomic E-state index is 13.9. The molecule has 9 nitrogen and oxygen atoms in total. The number of benzene rings is 6. The summed E-state index contributed by atoms with van der Waals surface area (Å²) in [5.41, 5.74) is 8.05. The highest BCUT2D eigenvalue weighted by Gasteiger charge is 2.33. The lowest BCUT2D eigenvalue weighted by atomic mass is 9.76. The van der Waals surface area contributed by atoms with Crippen molar-refractivity contribution in [1.29, 1.82) is 0 Å². The Hall–Kier alpha value is -7.08. The monoisotopic (exact) mass is 951 g/mol. The molecule has 2 heterocycles. The van der Waals surface area contributed by atoms with E-state index >= 15 is 0 Å². The minimum atomic E-state index is -0.281. The van der Waals surface area contributed by atoms with E-state index in [1.54, 1.807) is 36.8 Å². The van der Waals surface area contributed by atoms with E-state index in [1.807, 2.05) is 91.0 Å². The highest BCUT2D eigenvalue weighted by atomic mass is 35.5. The van der Waals surface area contributed by atoms with E-state index < -0.39 is 0 Å². The predicted octanol–water partition coefficient (Wildman–Crippen LogP) is 12.2. The molecule has 0 fully saturated rings. The van der Waals surface area contributed by atoms with Gasteiger partial charge in [0.25, 0.3) is 0 Å². The maximum absolute atomic E-state index is 13.9. The minimum Gasteiger partial charge on any atom is -0.334 e. The molecule has 0 aliphatic heterocycles. The van der Waals surface area contributed by atoms with Crippen LogP contribution in [-0.2, 0) is 25.7 Å². The molecule has 68 heavy (non-hydrogen) atoms. The van der Waals surface area contributed by atoms with E-state index in [0.29, 0.717) is 12.1 Å². The van der Waals surface area contributed by atoms with Crippen LogP contribution in [0, 0.1) is 11.6 Å². The zero-order chi connectivity index (χ0) is 47.4. The molecule has 0 saturated heterocycles. The molecule has 6 aromatic carbocycles. The second kappa shape index (κ2) is 22.6. The van der Waals surface area contributed by atoms with Gasteiger partial charge in [-0.2, -0.15) is 0 Å². The van der Waals surface area contributed by atoms with Gasteiger partial charge in [-0.1, -0.05) is 91.0 Å². The summed E-state index contributed by atoms with van der Waals surface area (Å²) in [6.07, 6.45) is 11.1. The Morgan fingerprint density at radius 1 is 0.618 bits per heavy atom. The molecule has 4 atom stereocenters. The van der Waals surface area contributed by atoms with Crippen LogP contribution in [0.1, 0.15) is 58.1 Å². The van der Waals surface area contributed by atoms with Crippen molar-refractivity contribution in [2.24, 2.45) is 0 Å². The second-order valence-electron chi connectivity index (χ2n) is 16.9. The molecule has 0 bridgehead atoms. The number of pyridine rings is 2. The molecule has 0 spiro atoms. The fourth-order valence-electron chi connectivity index (χ4n) is 9.56. The van der Waals surface area contributed by atoms with Gasteiger partial charge in [-0.05, 0) is 120 Å². The molecule has 2 aliphatic carbocycles. The topological polar surface area (TPSA) is 119 Å². The number of hydrogen-bond acceptors (Lipinski definition) is 4. The van der Waals surface area contributed by atoms with Crippen LogP contribution < -0.4 is 26.0 Å². The summed E-state index contributed by atoms with van der Waals surface area (Å²) in [5.74, 6) is -0.319. The van der Waals surface area contributed by atoms with Crippen LogP contribution >= 0.6 is 23.2 Å². The first-order valence-electron chi connectivity index (χ1n) is 22.5. The van der Waals surface area contributed by atoms with Gasteiger partial charge in [0.1, 0.15) is 11.6 Å². The lowest BCUT2D eigenvalue weighted by Crippen LogP contribution is -2.44. The first-order valence-corrected chi connectivity index (χ1v) is 23.6. The second-order valence-corrected chi connectivity index (χ2v) is 17.7. The summed E-state index contributed by atoms with van der Waals surface area (Å²) in [4.78, 5) is 30.2. The van der Waals surface area contributed by atoms with Crippen LogP contribution in [-0.4, -0.2) is 39.7 Å². The summed E-state index contributed by atoms with van der Waals surface area (Å²) >= 11 is 9.53. The number of anilines is 2. The van der Waals surface area contributed by atoms with Gasteiger partial charge < -0.3 is 21.3 Å². The Bertz CT molecular complexity index is 3000. The van der Waals surface area contributed by atoms with Gasteiger partial charge in [-0.15, -0.1) is 23.2 Å². The van der Waals surface area contributed by atoms with Crippen molar-refractivity contribution in [2.45, 2.75) is 62.4 Å². The van der Waals surface area contributed by atoms with Crippen molar-refractivity contribution in [2.75, 3.05) is 16.0 Å². The number of halogens is 4. The number of nitrogens with one attached hydrogen (secondary N) is 4. The van der Waals surface area contributed by atoms with Crippen molar-refractivity contribution in [3.63, 3.8) is 0 Å². The summed E-state index contributed by atoms with van der Waals surface area (Å²) in [6, 6.07) is 44.7. The molecular weight excluding hydrogens is 902 g/mol. The molecule has 346 valence electrons. The van der Waals surface area contributed by atoms with Crippen LogP contribution in [0.4, 0.5) is 29.7 Å². The molecule has 13 heteroatoms. The highest BCUT2D eigenvalue weighted by Crippen LogP contribution is 2.37. The Balaban J connectivity index is 0.000000174. The average molecular weight is 953 g/mol. The number of aromatic nitrogens is 2. The minimum absolute atomic E-state index is 0.0448. The molecule has 0 saturated carbocycles. The van der Waals surface area contributed by atoms with Gasteiger partial charge in [0.05, 0.1) is 22.1 Å². The van der Waals surface area contributed by atoms with E-state index in [9.17, 15) is 23.6 Å². The lowest BCUT2D eigenvalue weighted by molar-refractivity contribution is -0.903. The number of rotatable bonds is 8. The van der Waals surface area contributed by atoms with Gasteiger partial charge in [-0.3, -0.25) is 10.2 Å². The van der Waals surface area contributed by atoms with E-state index in [4.69, 9.17) is 23.2 Å². The normalized spacial score (nSPS) is 16.9. The van der Waals surface area contributed by atoms with E-state index in [1.165, 1.54) is 29.5 Å². The van der Waals surface area contributed by atoms with Gasteiger partial charge in [-0.25, -0.2) is 18.4 Å². The van der Waals surface area contributed by atoms with E-state index in [0.717, 1.165) is 86.3 Å². The van der Waals surface area contributed by atoms with Crippen molar-refractivity contribution < 1.29 is 28.3 Å². The summed E-state index contributed by atoms with van der Waals surface area (Å²) < 4.78 is 28.7. The molecule has 4 amide bonds. The van der Waals surface area contributed by atoms with Crippen molar-refractivity contribution >= 4 is 68.2 Å². The number of aryl methyl sites for hydroxylation is 2. The van der Waals surface area contributed by atoms with Crippen LogP contribution in [0.5, 0.6) is 0 Å². The van der Waals surface area contributed by atoms with Crippen LogP contribution in [0.15, 0.2) is 170 Å². The van der Waals surface area contributed by atoms with Crippen LogP contribution in [0.3, 0.4) is 0 Å². The fraction of sp³-hybridized carbons (Fsp3) is 0.200. The van der Waals surface area contributed by atoms with Gasteiger partial charge >= 0.3 is 12.1 Å². The molecule has 0 unspecified atom stereocenters. The van der Waals surface area contributed by atoms with Gasteiger partial charge in [0.2, 0.25) is 12.4 Å². The van der Waals surface area contributed by atoms with Crippen LogP contribution in [0.2, 0.25) is 0 Å². The lowest BCUT2D eigenvalue weighted by Gasteiger charge is -2.34. The number of urea groups is 2. The number of alkyl halides is 2. The summed E-state index contributed by atoms with van der Waals surface area (Å²) in [6.45, 7) is 0. The Morgan fingerprint density at radius 2 is 1.10 bits per heavy atom. The summed E-state index contributed by atoms with van der Waals surface area (Å²) in [5, 5.41) is 25.8. The average Bonchev–Trinajstić information content (AvgIpc) is 3.34. The van der Waals surface area contributed by atoms with E-state index in [2.05, 4.69) is 50.5 Å². The zero-order valence-corrected chi connectivity index (χ0v) is 38.6. The molecular formula is C55H51Cl2F2N6O3+. The maximum Gasteiger partial charge on any atom is 0.319 e. The zero-order valence-electron chi connectivity index (χ0n) is 37.1. The largest absolute Gasteiger partial charge is 0.334 e.